The fraction of sp³-hybridized carbons (Fsp3) is 0.259. The molecule has 2 amide bonds. The minimum atomic E-state index is -4.06. The van der Waals surface area contributed by atoms with Gasteiger partial charge in [-0.05, 0) is 55.3 Å². The average molecular weight is 573 g/mol. The Bertz CT molecular complexity index is 1300. The minimum absolute atomic E-state index is 0.0734. The SMILES string of the molecule is CCC(C(=O)NC)N(Cc1cccc(C)c1)C(=O)CN(c1ccc(Br)cc1)S(=O)(=O)c1ccccc1. The van der Waals surface area contributed by atoms with Crippen LogP contribution in [0.2, 0.25) is 0 Å². The molecule has 7 nitrogen and oxygen atoms in total. The van der Waals surface area contributed by atoms with Crippen molar-refractivity contribution in [2.75, 3.05) is 17.9 Å². The lowest BCUT2D eigenvalue weighted by molar-refractivity contribution is -0.140. The van der Waals surface area contributed by atoms with Crippen LogP contribution in [0, 0.1) is 6.92 Å². The van der Waals surface area contributed by atoms with E-state index in [2.05, 4.69) is 21.2 Å². The van der Waals surface area contributed by atoms with Crippen LogP contribution < -0.4 is 9.62 Å². The third kappa shape index (κ3) is 6.53. The van der Waals surface area contributed by atoms with Crippen molar-refractivity contribution in [3.8, 4) is 0 Å². The number of carbonyl (C=O) groups is 2. The highest BCUT2D eigenvalue weighted by Gasteiger charge is 2.33. The van der Waals surface area contributed by atoms with E-state index in [4.69, 9.17) is 0 Å². The van der Waals surface area contributed by atoms with Crippen molar-refractivity contribution in [1.29, 1.82) is 0 Å². The summed E-state index contributed by atoms with van der Waals surface area (Å²) < 4.78 is 29.2. The van der Waals surface area contributed by atoms with Crippen molar-refractivity contribution in [3.63, 3.8) is 0 Å². The summed E-state index contributed by atoms with van der Waals surface area (Å²) in [5.74, 6) is -0.783. The van der Waals surface area contributed by atoms with Crippen LogP contribution in [0.4, 0.5) is 5.69 Å². The molecular formula is C27H30BrN3O4S. The Labute approximate surface area is 221 Å². The highest BCUT2D eigenvalue weighted by Crippen LogP contribution is 2.26. The van der Waals surface area contributed by atoms with Gasteiger partial charge in [0.05, 0.1) is 10.6 Å². The topological polar surface area (TPSA) is 86.8 Å². The summed E-state index contributed by atoms with van der Waals surface area (Å²) in [6.45, 7) is 3.49. The largest absolute Gasteiger partial charge is 0.357 e. The number of carbonyl (C=O) groups excluding carboxylic acids is 2. The van der Waals surface area contributed by atoms with Crippen LogP contribution in [0.5, 0.6) is 0 Å². The van der Waals surface area contributed by atoms with Crippen molar-refractivity contribution in [2.24, 2.45) is 0 Å². The van der Waals surface area contributed by atoms with Gasteiger partial charge < -0.3 is 10.2 Å². The second-order valence-corrected chi connectivity index (χ2v) is 11.1. The lowest BCUT2D eigenvalue weighted by Crippen LogP contribution is -2.51. The van der Waals surface area contributed by atoms with Gasteiger partial charge in [-0.15, -0.1) is 0 Å². The summed E-state index contributed by atoms with van der Waals surface area (Å²) in [5, 5.41) is 2.63. The number of anilines is 1. The Morgan fingerprint density at radius 1 is 0.972 bits per heavy atom. The minimum Gasteiger partial charge on any atom is -0.357 e. The first kappa shape index (κ1) is 27.4. The molecule has 3 rings (SSSR count). The number of rotatable bonds is 10. The number of amides is 2. The fourth-order valence-electron chi connectivity index (χ4n) is 3.95. The number of nitrogens with one attached hydrogen (secondary N) is 1. The lowest BCUT2D eigenvalue weighted by atomic mass is 10.1. The first-order chi connectivity index (χ1) is 17.2. The molecule has 1 atom stereocenters. The second kappa shape index (κ2) is 12.2. The number of nitrogens with zero attached hydrogens (tertiary/aromatic N) is 2. The molecule has 0 aliphatic heterocycles. The van der Waals surface area contributed by atoms with Gasteiger partial charge in [0.2, 0.25) is 11.8 Å². The van der Waals surface area contributed by atoms with Crippen molar-refractivity contribution < 1.29 is 18.0 Å². The zero-order valence-electron chi connectivity index (χ0n) is 20.5. The van der Waals surface area contributed by atoms with E-state index in [0.717, 1.165) is 19.9 Å². The molecule has 3 aromatic rings. The summed E-state index contributed by atoms with van der Waals surface area (Å²) in [4.78, 5) is 28.1. The monoisotopic (exact) mass is 571 g/mol. The van der Waals surface area contributed by atoms with Crippen LogP contribution in [0.25, 0.3) is 0 Å². The van der Waals surface area contributed by atoms with E-state index in [1.54, 1.807) is 42.5 Å². The first-order valence-electron chi connectivity index (χ1n) is 11.6. The Morgan fingerprint density at radius 3 is 2.22 bits per heavy atom. The maximum absolute atomic E-state index is 13.8. The molecule has 9 heteroatoms. The number of sulfonamides is 1. The first-order valence-corrected chi connectivity index (χ1v) is 13.8. The number of aryl methyl sites for hydroxylation is 1. The number of benzene rings is 3. The Balaban J connectivity index is 2.04. The van der Waals surface area contributed by atoms with Crippen LogP contribution in [-0.2, 0) is 26.2 Å². The van der Waals surface area contributed by atoms with E-state index < -0.39 is 28.5 Å². The van der Waals surface area contributed by atoms with Gasteiger partial charge in [0.1, 0.15) is 12.6 Å². The van der Waals surface area contributed by atoms with E-state index in [0.29, 0.717) is 12.1 Å². The fourth-order valence-corrected chi connectivity index (χ4v) is 5.65. The molecular weight excluding hydrogens is 542 g/mol. The normalized spacial score (nSPS) is 12.0. The van der Waals surface area contributed by atoms with Gasteiger partial charge in [-0.25, -0.2) is 8.42 Å². The molecule has 190 valence electrons. The summed E-state index contributed by atoms with van der Waals surface area (Å²) in [6, 6.07) is 21.6. The van der Waals surface area contributed by atoms with E-state index in [1.807, 2.05) is 38.1 Å². The molecule has 0 bridgehead atoms. The van der Waals surface area contributed by atoms with Gasteiger partial charge in [-0.3, -0.25) is 13.9 Å². The van der Waals surface area contributed by atoms with Gasteiger partial charge >= 0.3 is 0 Å². The lowest BCUT2D eigenvalue weighted by Gasteiger charge is -2.33. The number of halogens is 1. The van der Waals surface area contributed by atoms with Gasteiger partial charge in [-0.1, -0.05) is 70.9 Å². The standard InChI is InChI=1S/C27H30BrN3O4S/c1-4-25(27(33)29-3)30(18-21-10-8-9-20(2)17-21)26(32)19-31(23-15-13-22(28)14-16-23)36(34,35)24-11-6-5-7-12-24/h5-17,25H,4,18-19H2,1-3H3,(H,29,33). The van der Waals surface area contributed by atoms with Crippen molar-refractivity contribution in [3.05, 3.63) is 94.5 Å². The maximum Gasteiger partial charge on any atom is 0.264 e. The van der Waals surface area contributed by atoms with Crippen molar-refractivity contribution >= 4 is 43.5 Å². The molecule has 0 heterocycles. The summed E-state index contributed by atoms with van der Waals surface area (Å²) in [6.07, 6.45) is 0.376. The van der Waals surface area contributed by atoms with Crippen LogP contribution in [0.3, 0.4) is 0 Å². The van der Waals surface area contributed by atoms with E-state index >= 15 is 0 Å². The molecule has 1 N–H and O–H groups in total. The molecule has 0 aliphatic carbocycles. The Morgan fingerprint density at radius 2 is 1.64 bits per heavy atom. The number of hydrogen-bond acceptors (Lipinski definition) is 4. The molecule has 0 fully saturated rings. The molecule has 36 heavy (non-hydrogen) atoms. The van der Waals surface area contributed by atoms with E-state index in [9.17, 15) is 18.0 Å². The molecule has 1 unspecified atom stereocenters. The molecule has 0 saturated carbocycles. The summed E-state index contributed by atoms with van der Waals surface area (Å²) >= 11 is 3.37. The van der Waals surface area contributed by atoms with Gasteiger partial charge in [0.25, 0.3) is 10.0 Å². The van der Waals surface area contributed by atoms with Gasteiger partial charge in [0.15, 0.2) is 0 Å². The molecule has 0 saturated heterocycles. The van der Waals surface area contributed by atoms with Crippen molar-refractivity contribution in [2.45, 2.75) is 37.8 Å². The molecule has 0 spiro atoms. The molecule has 0 radical (unpaired) electrons. The second-order valence-electron chi connectivity index (χ2n) is 8.35. The molecule has 3 aromatic carbocycles. The Hall–Kier alpha value is -3.17. The van der Waals surface area contributed by atoms with Crippen LogP contribution in [0.15, 0.2) is 88.2 Å². The van der Waals surface area contributed by atoms with Crippen LogP contribution in [0.1, 0.15) is 24.5 Å². The maximum atomic E-state index is 13.8. The van der Waals surface area contributed by atoms with Gasteiger partial charge in [-0.2, -0.15) is 0 Å². The van der Waals surface area contributed by atoms with Crippen LogP contribution in [-0.4, -0.2) is 44.8 Å². The zero-order valence-corrected chi connectivity index (χ0v) is 22.9. The van der Waals surface area contributed by atoms with Gasteiger partial charge in [0, 0.05) is 18.1 Å². The highest BCUT2D eigenvalue weighted by atomic mass is 79.9. The third-order valence-corrected chi connectivity index (χ3v) is 8.11. The zero-order chi connectivity index (χ0) is 26.3. The molecule has 0 aromatic heterocycles. The predicted octanol–water partition coefficient (Wildman–Crippen LogP) is 4.51. The molecule has 0 aliphatic rings. The number of likely N-dealkylation sites (N-methyl/N-ethyl adjacent to an activating group) is 1. The van der Waals surface area contributed by atoms with Crippen molar-refractivity contribution in [1.82, 2.24) is 10.2 Å². The average Bonchev–Trinajstić information content (AvgIpc) is 2.88. The highest BCUT2D eigenvalue weighted by molar-refractivity contribution is 9.10. The predicted molar refractivity (Wildman–Crippen MR) is 145 cm³/mol. The quantitative estimate of drug-likeness (QED) is 0.388. The third-order valence-electron chi connectivity index (χ3n) is 5.79. The van der Waals surface area contributed by atoms with Crippen LogP contribution >= 0.6 is 15.9 Å². The summed E-state index contributed by atoms with van der Waals surface area (Å²) in [7, 11) is -2.54. The van der Waals surface area contributed by atoms with E-state index in [-0.39, 0.29) is 17.3 Å². The van der Waals surface area contributed by atoms with E-state index in [1.165, 1.54) is 24.1 Å². The number of hydrogen-bond donors (Lipinski definition) is 1. The Kier molecular flexibility index (Phi) is 9.28. The summed E-state index contributed by atoms with van der Waals surface area (Å²) in [5.41, 5.74) is 2.22. The smallest absolute Gasteiger partial charge is 0.264 e.